The molecule has 4 aromatic rings. The zero-order valence-corrected chi connectivity index (χ0v) is 23.8. The van der Waals surface area contributed by atoms with Gasteiger partial charge in [0.1, 0.15) is 12.1 Å². The van der Waals surface area contributed by atoms with E-state index in [1.54, 1.807) is 48.5 Å². The van der Waals surface area contributed by atoms with Gasteiger partial charge < -0.3 is 4.74 Å². The zero-order valence-electron chi connectivity index (χ0n) is 22.2. The van der Waals surface area contributed by atoms with Crippen molar-refractivity contribution in [3.8, 4) is 5.75 Å². The van der Waals surface area contributed by atoms with Crippen LogP contribution in [0.1, 0.15) is 24.6 Å². The van der Waals surface area contributed by atoms with E-state index < -0.39 is 20.0 Å². The summed E-state index contributed by atoms with van der Waals surface area (Å²) in [5.41, 5.74) is 1.97. The highest BCUT2D eigenvalue weighted by Gasteiger charge is 2.37. The number of hydrogen-bond donors (Lipinski definition) is 0. The number of hydrogen-bond acceptors (Lipinski definition) is 6. The van der Waals surface area contributed by atoms with Gasteiger partial charge in [0.25, 0.3) is 10.0 Å². The summed E-state index contributed by atoms with van der Waals surface area (Å²) in [5.74, 6) is 0.840. The highest BCUT2D eigenvalue weighted by molar-refractivity contribution is 7.90. The quantitative estimate of drug-likeness (QED) is 0.241. The first-order chi connectivity index (χ1) is 19.1. The molecule has 0 spiro atoms. The molecule has 0 fully saturated rings. The second-order valence-corrected chi connectivity index (χ2v) is 14.0. The second kappa shape index (κ2) is 11.0. The molecule has 0 N–H and O–H groups in total. The van der Waals surface area contributed by atoms with Crippen LogP contribution in [0.4, 0.5) is 0 Å². The summed E-state index contributed by atoms with van der Waals surface area (Å²) in [5, 5.41) is 0. The number of fused-ring (bicyclic) bond motifs is 1. The molecule has 0 saturated heterocycles. The van der Waals surface area contributed by atoms with Crippen LogP contribution in [-0.2, 0) is 31.9 Å². The zero-order chi connectivity index (χ0) is 28.4. The van der Waals surface area contributed by atoms with Crippen molar-refractivity contribution in [1.29, 1.82) is 0 Å². The van der Waals surface area contributed by atoms with E-state index in [0.29, 0.717) is 18.7 Å². The van der Waals surface area contributed by atoms with Crippen LogP contribution in [0.15, 0.2) is 119 Å². The number of ether oxygens (including phenoxy) is 1. The van der Waals surface area contributed by atoms with Crippen LogP contribution < -0.4 is 4.74 Å². The lowest BCUT2D eigenvalue weighted by Crippen LogP contribution is -2.36. The average Bonchev–Trinajstić information content (AvgIpc) is 3.57. The van der Waals surface area contributed by atoms with Crippen LogP contribution in [0.25, 0.3) is 0 Å². The molecule has 40 heavy (non-hydrogen) atoms. The molecule has 1 atom stereocenters. The maximum absolute atomic E-state index is 13.7. The molecule has 0 bridgehead atoms. The Balaban J connectivity index is 1.35. The molecule has 0 radical (unpaired) electrons. The number of aromatic nitrogens is 2. The molecule has 0 amide bonds. The summed E-state index contributed by atoms with van der Waals surface area (Å²) in [4.78, 5) is 4.59. The van der Waals surface area contributed by atoms with Crippen LogP contribution in [-0.4, -0.2) is 49.8 Å². The van der Waals surface area contributed by atoms with Gasteiger partial charge in [-0.1, -0.05) is 73.7 Å². The molecule has 208 valence electrons. The van der Waals surface area contributed by atoms with Gasteiger partial charge >= 0.3 is 0 Å². The number of rotatable bonds is 11. The van der Waals surface area contributed by atoms with E-state index >= 15 is 0 Å². The minimum absolute atomic E-state index is 0.0996. The monoisotopic (exact) mass is 577 g/mol. The molecule has 5 rings (SSSR count). The van der Waals surface area contributed by atoms with Gasteiger partial charge in [-0.05, 0) is 36.8 Å². The molecule has 8 nitrogen and oxygen atoms in total. The van der Waals surface area contributed by atoms with E-state index in [1.165, 1.54) is 29.0 Å². The van der Waals surface area contributed by atoms with Gasteiger partial charge in [-0.15, -0.1) is 0 Å². The van der Waals surface area contributed by atoms with Crippen LogP contribution >= 0.6 is 0 Å². The van der Waals surface area contributed by atoms with Gasteiger partial charge in [0, 0.05) is 36.7 Å². The van der Waals surface area contributed by atoms with E-state index in [-0.39, 0.29) is 34.7 Å². The molecule has 1 aliphatic heterocycles. The normalized spacial score (nSPS) is 16.9. The lowest BCUT2D eigenvalue weighted by Gasteiger charge is -2.28. The average molecular weight is 578 g/mol. The molecule has 3 aromatic carbocycles. The van der Waals surface area contributed by atoms with Crippen molar-refractivity contribution in [2.24, 2.45) is 0 Å². The highest BCUT2D eigenvalue weighted by Crippen LogP contribution is 2.42. The van der Waals surface area contributed by atoms with Gasteiger partial charge in [0.15, 0.2) is 0 Å². The summed E-state index contributed by atoms with van der Waals surface area (Å²) in [7, 11) is -7.65. The summed E-state index contributed by atoms with van der Waals surface area (Å²) in [6.07, 6.45) is 3.44. The molecule has 1 aromatic heterocycles. The van der Waals surface area contributed by atoms with E-state index in [2.05, 4.69) is 18.5 Å². The maximum Gasteiger partial charge on any atom is 0.268 e. The number of nitrogens with zero attached hydrogens (tertiary/aromatic N) is 3. The minimum Gasteiger partial charge on any atom is -0.492 e. The Kier molecular flexibility index (Phi) is 7.67. The predicted molar refractivity (Wildman–Crippen MR) is 153 cm³/mol. The first-order valence-corrected chi connectivity index (χ1v) is 15.8. The lowest BCUT2D eigenvalue weighted by atomic mass is 9.79. The van der Waals surface area contributed by atoms with Gasteiger partial charge in [0.2, 0.25) is 10.0 Å². The summed E-state index contributed by atoms with van der Waals surface area (Å²) < 4.78 is 61.6. The predicted octanol–water partition coefficient (Wildman–Crippen LogP) is 4.65. The molecule has 2 heterocycles. The fourth-order valence-electron chi connectivity index (χ4n) is 4.99. The van der Waals surface area contributed by atoms with Crippen molar-refractivity contribution < 1.29 is 21.6 Å². The SMILES string of the molecule is C=C(CN(CCc1cn(S(=O)(=O)c2ccccc2)cn1)S(=O)(=O)c1ccccc1)CC1(C)COc2ccccc21. The number of sulfonamides is 1. The molecule has 1 aliphatic rings. The standard InChI is InChI=1S/C30H31N3O5S2/c1-24(19-30(2)22-38-29-16-10-9-15-28(29)30)20-32(39(34,35)26-11-5-3-6-12-26)18-17-25-21-33(23-31-25)40(36,37)27-13-7-4-8-14-27/h3-16,21,23H,1,17-20,22H2,2H3. The van der Waals surface area contributed by atoms with Crippen molar-refractivity contribution in [3.63, 3.8) is 0 Å². The maximum atomic E-state index is 13.7. The number of para-hydroxylation sites is 1. The largest absolute Gasteiger partial charge is 0.492 e. The molecular weight excluding hydrogens is 546 g/mol. The van der Waals surface area contributed by atoms with E-state index in [9.17, 15) is 16.8 Å². The third-order valence-electron chi connectivity index (χ3n) is 7.05. The van der Waals surface area contributed by atoms with Gasteiger partial charge in [0.05, 0.1) is 22.1 Å². The van der Waals surface area contributed by atoms with Crippen molar-refractivity contribution in [2.75, 3.05) is 19.7 Å². The van der Waals surface area contributed by atoms with E-state index in [0.717, 1.165) is 20.9 Å². The van der Waals surface area contributed by atoms with Gasteiger partial charge in [-0.2, -0.15) is 4.31 Å². The van der Waals surface area contributed by atoms with E-state index in [1.807, 2.05) is 24.3 Å². The summed E-state index contributed by atoms with van der Waals surface area (Å²) in [6.45, 7) is 7.04. The van der Waals surface area contributed by atoms with Crippen molar-refractivity contribution in [1.82, 2.24) is 13.3 Å². The fraction of sp³-hybridized carbons (Fsp3) is 0.233. The lowest BCUT2D eigenvalue weighted by molar-refractivity contribution is 0.274. The second-order valence-electron chi connectivity index (χ2n) is 10.2. The van der Waals surface area contributed by atoms with Crippen LogP contribution in [0.3, 0.4) is 0 Å². The van der Waals surface area contributed by atoms with Crippen molar-refractivity contribution >= 4 is 20.0 Å². The van der Waals surface area contributed by atoms with Crippen LogP contribution in [0.5, 0.6) is 5.75 Å². The molecule has 10 heteroatoms. The number of imidazole rings is 1. The van der Waals surface area contributed by atoms with Crippen molar-refractivity contribution in [2.45, 2.75) is 35.0 Å². The number of benzene rings is 3. The Labute approximate surface area is 235 Å². The van der Waals surface area contributed by atoms with Crippen LogP contribution in [0, 0.1) is 0 Å². The van der Waals surface area contributed by atoms with Crippen LogP contribution in [0.2, 0.25) is 0 Å². The topological polar surface area (TPSA) is 98.6 Å². The summed E-state index contributed by atoms with van der Waals surface area (Å²) >= 11 is 0. The van der Waals surface area contributed by atoms with Gasteiger partial charge in [-0.25, -0.2) is 25.8 Å². The molecule has 0 aliphatic carbocycles. The molecule has 0 saturated carbocycles. The highest BCUT2D eigenvalue weighted by atomic mass is 32.2. The summed E-state index contributed by atoms with van der Waals surface area (Å²) in [6, 6.07) is 24.2. The van der Waals surface area contributed by atoms with Gasteiger partial charge in [-0.3, -0.25) is 0 Å². The molecular formula is C30H31N3O5S2. The molecule has 1 unspecified atom stereocenters. The first-order valence-electron chi connectivity index (χ1n) is 12.9. The first kappa shape index (κ1) is 27.8. The smallest absolute Gasteiger partial charge is 0.268 e. The minimum atomic E-state index is -3.86. The van der Waals surface area contributed by atoms with E-state index in [4.69, 9.17) is 4.74 Å². The third-order valence-corrected chi connectivity index (χ3v) is 10.5. The third kappa shape index (κ3) is 5.60. The Morgan fingerprint density at radius 2 is 1.57 bits per heavy atom. The Hall–Kier alpha value is -3.73. The van der Waals surface area contributed by atoms with Crippen molar-refractivity contribution in [3.05, 3.63) is 121 Å². The fourth-order valence-corrected chi connectivity index (χ4v) is 7.65. The Bertz CT molecular complexity index is 1720. The Morgan fingerprint density at radius 1 is 0.950 bits per heavy atom. The Morgan fingerprint density at radius 3 is 2.27 bits per heavy atom.